The van der Waals surface area contributed by atoms with Gasteiger partial charge in [0.2, 0.25) is 0 Å². The highest BCUT2D eigenvalue weighted by atomic mass is 16.2. The standard InChI is InChI=1S/C14H21N3O2/c1-13(2)11(15)14(3,4)12(13)17-10(19)8-6-5-7-16-9(8)18/h5-7,11-12H,15H2,1-4H3,(H,16,18)(H,17,19). The van der Waals surface area contributed by atoms with Gasteiger partial charge in [-0.25, -0.2) is 0 Å². The molecule has 4 N–H and O–H groups in total. The molecule has 5 heteroatoms. The zero-order chi connectivity index (χ0) is 14.4. The van der Waals surface area contributed by atoms with Crippen LogP contribution < -0.4 is 16.6 Å². The van der Waals surface area contributed by atoms with Crippen LogP contribution in [0.2, 0.25) is 0 Å². The SMILES string of the molecule is CC1(C)C(N)C(C)(C)C1NC(=O)c1ccc[nH]c1=O. The molecule has 1 aromatic heterocycles. The Kier molecular flexibility index (Phi) is 3.05. The molecule has 1 aromatic rings. The van der Waals surface area contributed by atoms with E-state index in [0.717, 1.165) is 0 Å². The number of amides is 1. The number of H-pyrrole nitrogens is 1. The summed E-state index contributed by atoms with van der Waals surface area (Å²) >= 11 is 0. The number of hydrogen-bond donors (Lipinski definition) is 3. The third kappa shape index (κ3) is 1.98. The molecule has 1 fully saturated rings. The molecule has 0 aromatic carbocycles. The Morgan fingerprint density at radius 2 is 1.89 bits per heavy atom. The molecular weight excluding hydrogens is 242 g/mol. The summed E-state index contributed by atoms with van der Waals surface area (Å²) in [4.78, 5) is 26.3. The van der Waals surface area contributed by atoms with Crippen molar-refractivity contribution in [2.75, 3.05) is 0 Å². The number of carbonyl (C=O) groups is 1. The van der Waals surface area contributed by atoms with Gasteiger partial charge in [0, 0.05) is 29.1 Å². The second-order valence-corrected chi connectivity index (χ2v) is 6.44. The summed E-state index contributed by atoms with van der Waals surface area (Å²) in [6.45, 7) is 8.12. The zero-order valence-electron chi connectivity index (χ0n) is 11.8. The molecule has 104 valence electrons. The van der Waals surface area contributed by atoms with Gasteiger partial charge in [-0.15, -0.1) is 0 Å². The summed E-state index contributed by atoms with van der Waals surface area (Å²) < 4.78 is 0. The van der Waals surface area contributed by atoms with Crippen molar-refractivity contribution >= 4 is 5.91 Å². The van der Waals surface area contributed by atoms with Crippen molar-refractivity contribution < 1.29 is 4.79 Å². The number of hydrogen-bond acceptors (Lipinski definition) is 3. The Hall–Kier alpha value is -1.62. The van der Waals surface area contributed by atoms with Gasteiger partial charge in [-0.1, -0.05) is 27.7 Å². The summed E-state index contributed by atoms with van der Waals surface area (Å²) in [5.74, 6) is -0.347. The Balaban J connectivity index is 2.21. The molecule has 0 atom stereocenters. The van der Waals surface area contributed by atoms with Gasteiger partial charge in [0.15, 0.2) is 0 Å². The second-order valence-electron chi connectivity index (χ2n) is 6.44. The second kappa shape index (κ2) is 4.20. The normalized spacial score (nSPS) is 27.4. The largest absolute Gasteiger partial charge is 0.348 e. The first-order chi connectivity index (χ1) is 8.69. The smallest absolute Gasteiger partial charge is 0.260 e. The number of rotatable bonds is 2. The van der Waals surface area contributed by atoms with Crippen LogP contribution in [0.25, 0.3) is 0 Å². The molecule has 1 saturated carbocycles. The monoisotopic (exact) mass is 263 g/mol. The molecule has 0 radical (unpaired) electrons. The average Bonchev–Trinajstić information content (AvgIpc) is 2.34. The van der Waals surface area contributed by atoms with Gasteiger partial charge in [0.25, 0.3) is 11.5 Å². The molecular formula is C14H21N3O2. The fourth-order valence-electron chi connectivity index (χ4n) is 3.36. The number of nitrogens with two attached hydrogens (primary N) is 1. The number of carbonyl (C=O) groups excluding carboxylic acids is 1. The number of nitrogens with one attached hydrogen (secondary N) is 2. The van der Waals surface area contributed by atoms with Crippen molar-refractivity contribution in [3.05, 3.63) is 34.2 Å². The van der Waals surface area contributed by atoms with Crippen molar-refractivity contribution in [3.8, 4) is 0 Å². The van der Waals surface area contributed by atoms with E-state index in [1.807, 2.05) is 27.7 Å². The van der Waals surface area contributed by atoms with Crippen molar-refractivity contribution in [3.63, 3.8) is 0 Å². The fraction of sp³-hybridized carbons (Fsp3) is 0.571. The first kappa shape index (κ1) is 13.8. The molecule has 19 heavy (non-hydrogen) atoms. The van der Waals surface area contributed by atoms with Crippen LogP contribution in [0.15, 0.2) is 23.1 Å². The lowest BCUT2D eigenvalue weighted by Crippen LogP contribution is -2.76. The molecule has 1 amide bonds. The van der Waals surface area contributed by atoms with E-state index in [0.29, 0.717) is 0 Å². The lowest BCUT2D eigenvalue weighted by atomic mass is 9.48. The summed E-state index contributed by atoms with van der Waals surface area (Å²) in [7, 11) is 0. The minimum absolute atomic E-state index is 0.0133. The average molecular weight is 263 g/mol. The summed E-state index contributed by atoms with van der Waals surface area (Å²) in [6, 6.07) is 3.12. The molecule has 0 aliphatic heterocycles. The maximum Gasteiger partial charge on any atom is 0.260 e. The molecule has 1 aliphatic carbocycles. The van der Waals surface area contributed by atoms with Gasteiger partial charge in [0.05, 0.1) is 0 Å². The molecule has 0 unspecified atom stereocenters. The highest BCUT2D eigenvalue weighted by Crippen LogP contribution is 2.52. The Bertz CT molecular complexity index is 544. The third-order valence-corrected chi connectivity index (χ3v) is 4.43. The van der Waals surface area contributed by atoms with E-state index in [-0.39, 0.29) is 39.9 Å². The van der Waals surface area contributed by atoms with Crippen LogP contribution in [-0.4, -0.2) is 23.0 Å². The van der Waals surface area contributed by atoms with Gasteiger partial charge in [-0.2, -0.15) is 0 Å². The molecule has 5 nitrogen and oxygen atoms in total. The van der Waals surface area contributed by atoms with Gasteiger partial charge in [-0.05, 0) is 12.1 Å². The highest BCUT2D eigenvalue weighted by Gasteiger charge is 2.60. The summed E-state index contributed by atoms with van der Waals surface area (Å²) in [5, 5.41) is 2.95. The van der Waals surface area contributed by atoms with Crippen LogP contribution in [0.1, 0.15) is 38.1 Å². The molecule has 0 saturated heterocycles. The maximum atomic E-state index is 12.2. The number of pyridine rings is 1. The van der Waals surface area contributed by atoms with Gasteiger partial charge in [-0.3, -0.25) is 9.59 Å². The quantitative estimate of drug-likeness (QED) is 0.739. The molecule has 1 heterocycles. The lowest BCUT2D eigenvalue weighted by Gasteiger charge is -2.62. The van der Waals surface area contributed by atoms with E-state index >= 15 is 0 Å². The summed E-state index contributed by atoms with van der Waals surface area (Å²) in [5.41, 5.74) is 5.55. The van der Waals surface area contributed by atoms with Crippen LogP contribution in [0, 0.1) is 10.8 Å². The van der Waals surface area contributed by atoms with Crippen LogP contribution >= 0.6 is 0 Å². The zero-order valence-corrected chi connectivity index (χ0v) is 11.8. The minimum Gasteiger partial charge on any atom is -0.348 e. The van der Waals surface area contributed by atoms with Crippen molar-refractivity contribution in [2.45, 2.75) is 39.8 Å². The predicted octanol–water partition coefficient (Wildman–Crippen LogP) is 0.867. The fourth-order valence-corrected chi connectivity index (χ4v) is 3.36. The van der Waals surface area contributed by atoms with E-state index < -0.39 is 0 Å². The number of aromatic amines is 1. The van der Waals surface area contributed by atoms with E-state index in [9.17, 15) is 9.59 Å². The molecule has 1 aliphatic rings. The van der Waals surface area contributed by atoms with Gasteiger partial charge in [0.1, 0.15) is 5.56 Å². The third-order valence-electron chi connectivity index (χ3n) is 4.43. The van der Waals surface area contributed by atoms with E-state index in [4.69, 9.17) is 5.73 Å². The van der Waals surface area contributed by atoms with Gasteiger partial charge < -0.3 is 16.0 Å². The van der Waals surface area contributed by atoms with Crippen LogP contribution in [0.4, 0.5) is 0 Å². The minimum atomic E-state index is -0.376. The first-order valence-corrected chi connectivity index (χ1v) is 6.43. The van der Waals surface area contributed by atoms with E-state index in [1.54, 1.807) is 6.07 Å². The molecule has 2 rings (SSSR count). The first-order valence-electron chi connectivity index (χ1n) is 6.43. The van der Waals surface area contributed by atoms with Crippen LogP contribution in [-0.2, 0) is 0 Å². The molecule has 0 bridgehead atoms. The topological polar surface area (TPSA) is 88.0 Å². The Morgan fingerprint density at radius 3 is 2.42 bits per heavy atom. The molecule has 0 spiro atoms. The number of aromatic nitrogens is 1. The van der Waals surface area contributed by atoms with Crippen LogP contribution in [0.3, 0.4) is 0 Å². The van der Waals surface area contributed by atoms with Crippen molar-refractivity contribution in [1.82, 2.24) is 10.3 Å². The Morgan fingerprint density at radius 1 is 1.32 bits per heavy atom. The lowest BCUT2D eigenvalue weighted by molar-refractivity contribution is -0.0663. The van der Waals surface area contributed by atoms with Gasteiger partial charge >= 0.3 is 0 Å². The maximum absolute atomic E-state index is 12.2. The van der Waals surface area contributed by atoms with Crippen LogP contribution in [0.5, 0.6) is 0 Å². The van der Waals surface area contributed by atoms with Crippen molar-refractivity contribution in [1.29, 1.82) is 0 Å². The Labute approximate surface area is 112 Å². The van der Waals surface area contributed by atoms with Crippen molar-refractivity contribution in [2.24, 2.45) is 16.6 Å². The summed E-state index contributed by atoms with van der Waals surface area (Å²) in [6.07, 6.45) is 1.51. The van der Waals surface area contributed by atoms with E-state index in [2.05, 4.69) is 10.3 Å². The highest BCUT2D eigenvalue weighted by molar-refractivity contribution is 5.94. The predicted molar refractivity (Wildman–Crippen MR) is 73.9 cm³/mol. The van der Waals surface area contributed by atoms with E-state index in [1.165, 1.54) is 12.3 Å².